The average Bonchev–Trinajstić information content (AvgIpc) is 3.52. The number of aliphatic hydroxyl groups is 1. The predicted molar refractivity (Wildman–Crippen MR) is 175 cm³/mol. The summed E-state index contributed by atoms with van der Waals surface area (Å²) in [5.41, 5.74) is 0.751. The van der Waals surface area contributed by atoms with E-state index in [1.165, 1.54) is 28.0 Å². The van der Waals surface area contributed by atoms with Crippen LogP contribution in [-0.4, -0.2) is 97.3 Å². The highest BCUT2D eigenvalue weighted by Crippen LogP contribution is 2.34. The van der Waals surface area contributed by atoms with Gasteiger partial charge in [0.1, 0.15) is 5.75 Å². The number of hydrogen-bond donors (Lipinski definition) is 3. The number of nitrogens with one attached hydrogen (secondary N) is 2. The van der Waals surface area contributed by atoms with Gasteiger partial charge < -0.3 is 44.5 Å². The van der Waals surface area contributed by atoms with Gasteiger partial charge >= 0.3 is 12.2 Å². The van der Waals surface area contributed by atoms with Crippen LogP contribution in [-0.2, 0) is 9.53 Å². The van der Waals surface area contributed by atoms with Crippen molar-refractivity contribution in [2.24, 2.45) is 5.92 Å². The minimum Gasteiger partial charge on any atom is -0.490 e. The number of rotatable bonds is 8. The van der Waals surface area contributed by atoms with E-state index in [0.29, 0.717) is 30.2 Å². The lowest BCUT2D eigenvalue weighted by Crippen LogP contribution is -2.48. The van der Waals surface area contributed by atoms with Crippen molar-refractivity contribution in [3.63, 3.8) is 0 Å². The van der Waals surface area contributed by atoms with Gasteiger partial charge in [-0.2, -0.15) is 13.2 Å². The van der Waals surface area contributed by atoms with E-state index < -0.39 is 43.0 Å². The summed E-state index contributed by atoms with van der Waals surface area (Å²) in [5.74, 6) is -0.306. The molecule has 4 atom stereocenters. The predicted octanol–water partition coefficient (Wildman–Crippen LogP) is 5.66. The van der Waals surface area contributed by atoms with Gasteiger partial charge in [-0.05, 0) is 63.4 Å². The fraction of sp³-hybridized carbons (Fsp3) is 0.559. The number of ether oxygens (including phenoxy) is 4. The van der Waals surface area contributed by atoms with E-state index in [-0.39, 0.29) is 61.5 Å². The molecule has 0 saturated heterocycles. The molecule has 2 aliphatic heterocycles. The van der Waals surface area contributed by atoms with Crippen molar-refractivity contribution >= 4 is 29.2 Å². The minimum absolute atomic E-state index is 0.0859. The molecule has 2 heterocycles. The first-order valence-corrected chi connectivity index (χ1v) is 16.4. The number of urea groups is 1. The molecule has 0 unspecified atom stereocenters. The van der Waals surface area contributed by atoms with Gasteiger partial charge in [-0.15, -0.1) is 0 Å². The Bertz CT molecular complexity index is 1460. The van der Waals surface area contributed by atoms with E-state index in [0.717, 1.165) is 12.8 Å². The van der Waals surface area contributed by atoms with Crippen LogP contribution >= 0.6 is 0 Å². The van der Waals surface area contributed by atoms with Crippen molar-refractivity contribution in [3.8, 4) is 17.2 Å². The third kappa shape index (κ3) is 10.9. The molecule has 2 aliphatic rings. The fourth-order valence-electron chi connectivity index (χ4n) is 5.49. The van der Waals surface area contributed by atoms with Crippen LogP contribution in [0.5, 0.6) is 17.2 Å². The van der Waals surface area contributed by atoms with Gasteiger partial charge in [0.05, 0.1) is 36.8 Å². The summed E-state index contributed by atoms with van der Waals surface area (Å²) in [7, 11) is 1.64. The highest BCUT2D eigenvalue weighted by Gasteiger charge is 2.32. The zero-order valence-electron chi connectivity index (χ0n) is 28.2. The van der Waals surface area contributed by atoms with Crippen LogP contribution < -0.4 is 24.8 Å². The number of alkyl halides is 3. The number of nitrogens with zero attached hydrogens (tertiary/aromatic N) is 2. The van der Waals surface area contributed by atoms with Crippen molar-refractivity contribution < 1.29 is 51.6 Å². The molecule has 3 N–H and O–H groups in total. The molecule has 0 saturated carbocycles. The summed E-state index contributed by atoms with van der Waals surface area (Å²) < 4.78 is 61.2. The van der Waals surface area contributed by atoms with Gasteiger partial charge in [0, 0.05) is 56.5 Å². The van der Waals surface area contributed by atoms with E-state index >= 15 is 0 Å². The number of hydrogen-bond acceptors (Lipinski definition) is 8. The molecule has 12 nitrogen and oxygen atoms in total. The van der Waals surface area contributed by atoms with Gasteiger partial charge in [-0.1, -0.05) is 6.92 Å². The first kappa shape index (κ1) is 37.6. The summed E-state index contributed by atoms with van der Waals surface area (Å²) in [6.45, 7) is 5.91. The summed E-state index contributed by atoms with van der Waals surface area (Å²) in [6, 6.07) is 8.44. The number of benzene rings is 2. The smallest absolute Gasteiger partial charge is 0.389 e. The lowest BCUT2D eigenvalue weighted by atomic mass is 10.0. The first-order chi connectivity index (χ1) is 23.2. The largest absolute Gasteiger partial charge is 0.490 e. The molecular weight excluding hydrogens is 649 g/mol. The van der Waals surface area contributed by atoms with Crippen LogP contribution in [0.15, 0.2) is 36.4 Å². The van der Waals surface area contributed by atoms with Crippen molar-refractivity contribution in [1.29, 1.82) is 0 Å². The van der Waals surface area contributed by atoms with Gasteiger partial charge in [-0.3, -0.25) is 9.59 Å². The molecular formula is C34H45F3N4O8. The summed E-state index contributed by atoms with van der Waals surface area (Å²) >= 11 is 0. The third-order valence-electron chi connectivity index (χ3n) is 8.40. The zero-order valence-corrected chi connectivity index (χ0v) is 28.2. The van der Waals surface area contributed by atoms with Crippen LogP contribution in [0.1, 0.15) is 63.2 Å². The number of carbonyl (C=O) groups is 3. The van der Waals surface area contributed by atoms with E-state index in [9.17, 15) is 32.7 Å². The highest BCUT2D eigenvalue weighted by atomic mass is 19.4. The SMILES string of the molecule is C[C@@H]1CN([C@@H](C)CO)C(=O)c2cc(NC(=O)CCC(F)(F)F)ccc2O[C@@H](C)CCCCO[C@@H]1CN(C)C(=O)Nc1ccc2c(c1)OCO2. The second kappa shape index (κ2) is 16.9. The Kier molecular flexibility index (Phi) is 13.0. The second-order valence-electron chi connectivity index (χ2n) is 12.6. The molecule has 270 valence electrons. The molecule has 4 amide bonds. The molecule has 15 heteroatoms. The van der Waals surface area contributed by atoms with Gasteiger partial charge in [0.2, 0.25) is 12.7 Å². The monoisotopic (exact) mass is 694 g/mol. The maximum Gasteiger partial charge on any atom is 0.389 e. The zero-order chi connectivity index (χ0) is 35.7. The number of anilines is 2. The quantitative estimate of drug-likeness (QED) is 0.322. The van der Waals surface area contributed by atoms with Crippen LogP contribution in [0.25, 0.3) is 0 Å². The average molecular weight is 695 g/mol. The third-order valence-corrected chi connectivity index (χ3v) is 8.40. The lowest BCUT2D eigenvalue weighted by molar-refractivity contribution is -0.142. The Labute approximate surface area is 283 Å². The Hall–Kier alpha value is -4.24. The maximum absolute atomic E-state index is 14.2. The Morgan fingerprint density at radius 2 is 1.73 bits per heavy atom. The van der Waals surface area contributed by atoms with Crippen molar-refractivity contribution in [2.75, 3.05) is 50.8 Å². The molecule has 0 aliphatic carbocycles. The molecule has 4 rings (SSSR count). The molecule has 49 heavy (non-hydrogen) atoms. The Balaban J connectivity index is 1.55. The van der Waals surface area contributed by atoms with E-state index in [4.69, 9.17) is 18.9 Å². The minimum atomic E-state index is -4.49. The fourth-order valence-corrected chi connectivity index (χ4v) is 5.49. The van der Waals surface area contributed by atoms with Crippen molar-refractivity contribution in [1.82, 2.24) is 9.80 Å². The first-order valence-electron chi connectivity index (χ1n) is 16.4. The summed E-state index contributed by atoms with van der Waals surface area (Å²) in [6.07, 6.45) is -5.21. The Morgan fingerprint density at radius 1 is 1.04 bits per heavy atom. The van der Waals surface area contributed by atoms with Gasteiger partial charge in [0.25, 0.3) is 5.91 Å². The van der Waals surface area contributed by atoms with Gasteiger partial charge in [-0.25, -0.2) is 4.79 Å². The number of amides is 4. The van der Waals surface area contributed by atoms with Crippen LogP contribution in [0, 0.1) is 5.92 Å². The molecule has 2 aromatic rings. The van der Waals surface area contributed by atoms with Crippen LogP contribution in [0.4, 0.5) is 29.3 Å². The number of likely N-dealkylation sites (N-methyl/N-ethyl adjacent to an activating group) is 1. The van der Waals surface area contributed by atoms with Crippen LogP contribution in [0.2, 0.25) is 0 Å². The number of carbonyl (C=O) groups excluding carboxylic acids is 3. The molecule has 2 aromatic carbocycles. The Morgan fingerprint density at radius 3 is 2.45 bits per heavy atom. The molecule has 0 spiro atoms. The van der Waals surface area contributed by atoms with E-state index in [1.807, 2.05) is 13.8 Å². The van der Waals surface area contributed by atoms with Crippen molar-refractivity contribution in [2.45, 2.75) is 77.3 Å². The normalized spacial score (nSPS) is 20.8. The molecule has 0 radical (unpaired) electrons. The number of halogens is 3. The molecule has 0 fully saturated rings. The maximum atomic E-state index is 14.2. The number of aliphatic hydroxyl groups excluding tert-OH is 1. The number of fused-ring (bicyclic) bond motifs is 2. The second-order valence-corrected chi connectivity index (χ2v) is 12.6. The summed E-state index contributed by atoms with van der Waals surface area (Å²) in [5, 5.41) is 15.4. The standard InChI is InChI=1S/C34H45F3N4O8/c1-21-17-41(22(2)19-42)32(44)26-15-24(38-31(43)12-13-34(35,36)37)8-10-27(26)49-23(3)7-5-6-14-46-30(21)18-40(4)33(45)39-25-9-11-28-29(16-25)48-20-47-28/h8-11,15-16,21-23,30,42H,5-7,12-14,17-20H2,1-4H3,(H,38,43)(H,39,45)/t21-,22+,23+,30-/m1/s1. The lowest BCUT2D eigenvalue weighted by Gasteiger charge is -2.35. The van der Waals surface area contributed by atoms with E-state index in [1.54, 1.807) is 32.2 Å². The van der Waals surface area contributed by atoms with Gasteiger partial charge in [0.15, 0.2) is 11.5 Å². The van der Waals surface area contributed by atoms with Crippen LogP contribution in [0.3, 0.4) is 0 Å². The summed E-state index contributed by atoms with van der Waals surface area (Å²) in [4.78, 5) is 42.7. The molecule has 0 bridgehead atoms. The van der Waals surface area contributed by atoms with Crippen molar-refractivity contribution in [3.05, 3.63) is 42.0 Å². The topological polar surface area (TPSA) is 139 Å². The van der Waals surface area contributed by atoms with E-state index in [2.05, 4.69) is 10.6 Å². The molecule has 0 aromatic heterocycles. The highest BCUT2D eigenvalue weighted by molar-refractivity contribution is 5.99.